The van der Waals surface area contributed by atoms with E-state index in [9.17, 15) is 13.2 Å². The smallest absolute Gasteiger partial charge is 0.389 e. The lowest BCUT2D eigenvalue weighted by Gasteiger charge is -2.20. The molecular weight excluding hydrogens is 295 g/mol. The number of hydrogen-bond donors (Lipinski definition) is 1. The highest BCUT2D eigenvalue weighted by atomic mass is 35.5. The quantitative estimate of drug-likeness (QED) is 0.844. The Kier molecular flexibility index (Phi) is 4.99. The van der Waals surface area contributed by atoms with Crippen LogP contribution < -0.4 is 14.8 Å². The topological polar surface area (TPSA) is 30.5 Å². The Morgan fingerprint density at radius 2 is 1.95 bits per heavy atom. The molecule has 7 heteroatoms. The summed E-state index contributed by atoms with van der Waals surface area (Å²) < 4.78 is 46.7. The van der Waals surface area contributed by atoms with Crippen LogP contribution in [0.1, 0.15) is 18.4 Å². The molecule has 0 amide bonds. The van der Waals surface area contributed by atoms with E-state index in [2.05, 4.69) is 5.32 Å². The molecule has 0 radical (unpaired) electrons. The first-order valence-corrected chi connectivity index (χ1v) is 6.69. The monoisotopic (exact) mass is 309 g/mol. The number of ether oxygens (including phenoxy) is 2. The summed E-state index contributed by atoms with van der Waals surface area (Å²) in [5, 5.41) is 3.41. The van der Waals surface area contributed by atoms with Gasteiger partial charge >= 0.3 is 6.18 Å². The molecule has 0 bridgehead atoms. The van der Waals surface area contributed by atoms with Crippen LogP contribution in [0, 0.1) is 0 Å². The fourth-order valence-electron chi connectivity index (χ4n) is 1.91. The van der Waals surface area contributed by atoms with Gasteiger partial charge in [0.25, 0.3) is 0 Å². The van der Waals surface area contributed by atoms with Crippen molar-refractivity contribution in [1.29, 1.82) is 0 Å². The number of rotatable bonds is 5. The Hall–Kier alpha value is -1.14. The zero-order valence-corrected chi connectivity index (χ0v) is 11.5. The summed E-state index contributed by atoms with van der Waals surface area (Å²) in [5.74, 6) is 1.11. The van der Waals surface area contributed by atoms with Gasteiger partial charge in [0, 0.05) is 13.0 Å². The fourth-order valence-corrected chi connectivity index (χ4v) is 2.20. The molecule has 1 N–H and O–H groups in total. The van der Waals surface area contributed by atoms with Gasteiger partial charge in [-0.3, -0.25) is 0 Å². The molecular formula is C13H15ClF3NO2. The molecule has 20 heavy (non-hydrogen) atoms. The average Bonchev–Trinajstić information content (AvgIpc) is 2.37. The summed E-state index contributed by atoms with van der Waals surface area (Å²) in [5.41, 5.74) is 0.853. The third-order valence-corrected chi connectivity index (χ3v) is 3.08. The van der Waals surface area contributed by atoms with E-state index in [1.165, 1.54) is 0 Å². The molecule has 0 atom stereocenters. The van der Waals surface area contributed by atoms with E-state index in [1.807, 2.05) is 0 Å². The molecule has 1 heterocycles. The SMILES string of the molecule is FC(F)(F)CCCNCc1cc(Cl)c2c(c1)OCCO2. The summed E-state index contributed by atoms with van der Waals surface area (Å²) in [7, 11) is 0. The summed E-state index contributed by atoms with van der Waals surface area (Å²) in [6.07, 6.45) is -4.81. The first-order valence-electron chi connectivity index (χ1n) is 6.31. The van der Waals surface area contributed by atoms with Crippen molar-refractivity contribution in [2.75, 3.05) is 19.8 Å². The molecule has 0 aromatic heterocycles. The van der Waals surface area contributed by atoms with E-state index < -0.39 is 12.6 Å². The second-order valence-electron chi connectivity index (χ2n) is 4.50. The van der Waals surface area contributed by atoms with Gasteiger partial charge in [0.05, 0.1) is 5.02 Å². The summed E-state index contributed by atoms with van der Waals surface area (Å²) in [6.45, 7) is 1.66. The van der Waals surface area contributed by atoms with Crippen molar-refractivity contribution >= 4 is 11.6 Å². The van der Waals surface area contributed by atoms with Crippen LogP contribution in [0.5, 0.6) is 11.5 Å². The van der Waals surface area contributed by atoms with Crippen LogP contribution in [-0.2, 0) is 6.54 Å². The molecule has 0 saturated heterocycles. The molecule has 1 aromatic rings. The number of nitrogens with one attached hydrogen (secondary N) is 1. The Bertz CT molecular complexity index is 466. The Morgan fingerprint density at radius 3 is 2.70 bits per heavy atom. The predicted octanol–water partition coefficient (Wildman–Crippen LogP) is 3.54. The van der Waals surface area contributed by atoms with E-state index in [0.717, 1.165) is 5.56 Å². The highest BCUT2D eigenvalue weighted by molar-refractivity contribution is 6.32. The number of halogens is 4. The van der Waals surface area contributed by atoms with Gasteiger partial charge < -0.3 is 14.8 Å². The molecule has 0 aliphatic carbocycles. The average molecular weight is 310 g/mol. The lowest BCUT2D eigenvalue weighted by molar-refractivity contribution is -0.135. The minimum Gasteiger partial charge on any atom is -0.486 e. The fraction of sp³-hybridized carbons (Fsp3) is 0.538. The highest BCUT2D eigenvalue weighted by Gasteiger charge is 2.25. The Balaban J connectivity index is 1.83. The Morgan fingerprint density at radius 1 is 1.20 bits per heavy atom. The number of benzene rings is 1. The van der Waals surface area contributed by atoms with E-state index in [1.54, 1.807) is 12.1 Å². The lowest BCUT2D eigenvalue weighted by Crippen LogP contribution is -2.19. The van der Waals surface area contributed by atoms with Crippen molar-refractivity contribution in [3.05, 3.63) is 22.7 Å². The lowest BCUT2D eigenvalue weighted by atomic mass is 10.2. The van der Waals surface area contributed by atoms with Gasteiger partial charge in [-0.2, -0.15) is 13.2 Å². The van der Waals surface area contributed by atoms with E-state index in [0.29, 0.717) is 42.8 Å². The van der Waals surface area contributed by atoms with Crippen molar-refractivity contribution in [2.45, 2.75) is 25.6 Å². The van der Waals surface area contributed by atoms with E-state index >= 15 is 0 Å². The predicted molar refractivity (Wildman–Crippen MR) is 69.4 cm³/mol. The Labute approximate surface area is 120 Å². The van der Waals surface area contributed by atoms with E-state index in [-0.39, 0.29) is 6.42 Å². The molecule has 3 nitrogen and oxygen atoms in total. The molecule has 1 aromatic carbocycles. The maximum absolute atomic E-state index is 12.0. The molecule has 0 saturated carbocycles. The summed E-state index contributed by atoms with van der Waals surface area (Å²) >= 11 is 6.07. The molecule has 0 unspecified atom stereocenters. The zero-order valence-electron chi connectivity index (χ0n) is 10.7. The molecule has 112 valence electrons. The van der Waals surface area contributed by atoms with Crippen LogP contribution in [0.25, 0.3) is 0 Å². The number of fused-ring (bicyclic) bond motifs is 1. The minimum absolute atomic E-state index is 0.0573. The number of hydrogen-bond acceptors (Lipinski definition) is 3. The van der Waals surface area contributed by atoms with Crippen LogP contribution in [0.2, 0.25) is 5.02 Å². The molecule has 0 spiro atoms. The van der Waals surface area contributed by atoms with Gasteiger partial charge in [0.1, 0.15) is 13.2 Å². The largest absolute Gasteiger partial charge is 0.486 e. The van der Waals surface area contributed by atoms with Crippen LogP contribution in [0.15, 0.2) is 12.1 Å². The van der Waals surface area contributed by atoms with Crippen LogP contribution >= 0.6 is 11.6 Å². The summed E-state index contributed by atoms with van der Waals surface area (Å²) in [4.78, 5) is 0. The molecule has 0 fully saturated rings. The second-order valence-corrected chi connectivity index (χ2v) is 4.90. The van der Waals surface area contributed by atoms with Gasteiger partial charge in [0.15, 0.2) is 11.5 Å². The zero-order chi connectivity index (χ0) is 14.6. The third-order valence-electron chi connectivity index (χ3n) is 2.80. The molecule has 2 rings (SSSR count). The molecule has 1 aliphatic rings. The van der Waals surface area contributed by atoms with Crippen LogP contribution in [0.4, 0.5) is 13.2 Å². The molecule has 1 aliphatic heterocycles. The normalized spacial score (nSPS) is 14.4. The minimum atomic E-state index is -4.10. The maximum Gasteiger partial charge on any atom is 0.389 e. The van der Waals surface area contributed by atoms with Crippen molar-refractivity contribution in [1.82, 2.24) is 5.32 Å². The van der Waals surface area contributed by atoms with Crippen molar-refractivity contribution in [3.63, 3.8) is 0 Å². The van der Waals surface area contributed by atoms with Crippen molar-refractivity contribution < 1.29 is 22.6 Å². The van der Waals surface area contributed by atoms with E-state index in [4.69, 9.17) is 21.1 Å². The first kappa shape index (κ1) is 15.3. The van der Waals surface area contributed by atoms with Crippen LogP contribution in [0.3, 0.4) is 0 Å². The van der Waals surface area contributed by atoms with Gasteiger partial charge in [0.2, 0.25) is 0 Å². The second kappa shape index (κ2) is 6.54. The maximum atomic E-state index is 12.0. The van der Waals surface area contributed by atoms with Crippen molar-refractivity contribution in [2.24, 2.45) is 0 Å². The van der Waals surface area contributed by atoms with Crippen LogP contribution in [-0.4, -0.2) is 25.9 Å². The highest BCUT2D eigenvalue weighted by Crippen LogP contribution is 2.38. The van der Waals surface area contributed by atoms with Gasteiger partial charge in [-0.15, -0.1) is 0 Å². The third kappa shape index (κ3) is 4.45. The van der Waals surface area contributed by atoms with Crippen molar-refractivity contribution in [3.8, 4) is 11.5 Å². The standard InChI is InChI=1S/C13H15ClF3NO2/c14-10-6-9(7-11-12(10)20-5-4-19-11)8-18-3-1-2-13(15,16)17/h6-7,18H,1-5,8H2. The first-order chi connectivity index (χ1) is 9.46. The van der Waals surface area contributed by atoms with Gasteiger partial charge in [-0.05, 0) is 30.7 Å². The van der Waals surface area contributed by atoms with Gasteiger partial charge in [-0.1, -0.05) is 11.6 Å². The van der Waals surface area contributed by atoms with Gasteiger partial charge in [-0.25, -0.2) is 0 Å². The summed E-state index contributed by atoms with van der Waals surface area (Å²) in [6, 6.07) is 3.52. The number of alkyl halides is 3.